The summed E-state index contributed by atoms with van der Waals surface area (Å²) in [6.45, 7) is 1.14. The standard InChI is InChI=1S/C33H26N4O/c34-19-26(33(38)35-17-16-24-20-36-31-14-5-3-12-29(24)31)18-27-22-37(32-15-6-4-13-30(27)32)21-25-10-7-9-23-8-1-2-11-28(23)25/h1-15,18,20,22,36H,16-17,21H2,(H,35,38)/b26-18-. The van der Waals surface area contributed by atoms with Crippen LogP contribution < -0.4 is 5.32 Å². The molecular formula is C33H26N4O. The SMILES string of the molecule is N#C/C(=C/c1cn(Cc2cccc3ccccc23)c2ccccc12)C(=O)NCCc1c[nH]c2ccccc12. The molecule has 0 aliphatic heterocycles. The van der Waals surface area contributed by atoms with Crippen LogP contribution in [0.15, 0.2) is 109 Å². The largest absolute Gasteiger partial charge is 0.361 e. The van der Waals surface area contributed by atoms with Crippen LogP contribution >= 0.6 is 0 Å². The van der Waals surface area contributed by atoms with Crippen LogP contribution in [-0.2, 0) is 17.8 Å². The monoisotopic (exact) mass is 494 g/mol. The Bertz CT molecular complexity index is 1860. The van der Waals surface area contributed by atoms with Gasteiger partial charge in [0.05, 0.1) is 0 Å². The molecule has 6 rings (SSSR count). The number of fused-ring (bicyclic) bond motifs is 3. The van der Waals surface area contributed by atoms with Crippen molar-refractivity contribution in [2.45, 2.75) is 13.0 Å². The van der Waals surface area contributed by atoms with E-state index in [9.17, 15) is 10.1 Å². The lowest BCUT2D eigenvalue weighted by Gasteiger charge is -2.09. The Morgan fingerprint density at radius 2 is 1.61 bits per heavy atom. The number of benzene rings is 4. The number of nitrogens with zero attached hydrogens (tertiary/aromatic N) is 2. The molecule has 0 saturated carbocycles. The predicted octanol–water partition coefficient (Wildman–Crippen LogP) is 6.59. The average molecular weight is 495 g/mol. The van der Waals surface area contributed by atoms with Crippen molar-refractivity contribution in [3.8, 4) is 6.07 Å². The number of rotatable bonds is 7. The third kappa shape index (κ3) is 4.44. The molecule has 0 spiro atoms. The van der Waals surface area contributed by atoms with Crippen molar-refractivity contribution in [2.75, 3.05) is 6.54 Å². The molecule has 38 heavy (non-hydrogen) atoms. The summed E-state index contributed by atoms with van der Waals surface area (Å²) in [6.07, 6.45) is 6.38. The number of aromatic nitrogens is 2. The van der Waals surface area contributed by atoms with Crippen molar-refractivity contribution >= 4 is 44.6 Å². The second-order valence-corrected chi connectivity index (χ2v) is 9.40. The topological polar surface area (TPSA) is 73.6 Å². The van der Waals surface area contributed by atoms with Gasteiger partial charge < -0.3 is 14.9 Å². The molecule has 0 radical (unpaired) electrons. The Morgan fingerprint density at radius 3 is 2.47 bits per heavy atom. The van der Waals surface area contributed by atoms with E-state index in [2.05, 4.69) is 75.5 Å². The summed E-state index contributed by atoms with van der Waals surface area (Å²) >= 11 is 0. The molecule has 184 valence electrons. The molecule has 4 aromatic carbocycles. The summed E-state index contributed by atoms with van der Waals surface area (Å²) in [5.74, 6) is -0.363. The van der Waals surface area contributed by atoms with Crippen LogP contribution in [0.2, 0.25) is 0 Å². The van der Waals surface area contributed by atoms with E-state index in [1.165, 1.54) is 16.3 Å². The van der Waals surface area contributed by atoms with E-state index < -0.39 is 0 Å². The van der Waals surface area contributed by atoms with E-state index in [-0.39, 0.29) is 11.5 Å². The van der Waals surface area contributed by atoms with E-state index in [4.69, 9.17) is 0 Å². The molecule has 2 N–H and O–H groups in total. The molecule has 0 saturated heterocycles. The van der Waals surface area contributed by atoms with Gasteiger partial charge in [0.1, 0.15) is 11.6 Å². The fourth-order valence-electron chi connectivity index (χ4n) is 5.18. The van der Waals surface area contributed by atoms with Crippen LogP contribution in [0, 0.1) is 11.3 Å². The van der Waals surface area contributed by atoms with Crippen molar-refractivity contribution in [2.24, 2.45) is 0 Å². The van der Waals surface area contributed by atoms with Gasteiger partial charge in [-0.05, 0) is 46.5 Å². The molecule has 2 aromatic heterocycles. The summed E-state index contributed by atoms with van der Waals surface area (Å²) in [4.78, 5) is 16.2. The van der Waals surface area contributed by atoms with Crippen molar-refractivity contribution < 1.29 is 4.79 Å². The molecule has 5 heteroatoms. The minimum Gasteiger partial charge on any atom is -0.361 e. The van der Waals surface area contributed by atoms with Crippen LogP contribution in [0.3, 0.4) is 0 Å². The van der Waals surface area contributed by atoms with Gasteiger partial charge in [0, 0.05) is 52.9 Å². The number of para-hydroxylation sites is 2. The third-order valence-corrected chi connectivity index (χ3v) is 7.06. The zero-order valence-electron chi connectivity index (χ0n) is 20.8. The highest BCUT2D eigenvalue weighted by atomic mass is 16.1. The molecule has 0 atom stereocenters. The van der Waals surface area contributed by atoms with E-state index in [0.29, 0.717) is 19.5 Å². The summed E-state index contributed by atoms with van der Waals surface area (Å²) in [5.41, 5.74) is 5.44. The lowest BCUT2D eigenvalue weighted by molar-refractivity contribution is -0.117. The zero-order valence-corrected chi connectivity index (χ0v) is 20.8. The minimum atomic E-state index is -0.363. The Balaban J connectivity index is 1.25. The number of hydrogen-bond donors (Lipinski definition) is 2. The number of carbonyl (C=O) groups excluding carboxylic acids is 1. The van der Waals surface area contributed by atoms with Gasteiger partial charge in [-0.25, -0.2) is 0 Å². The first-order valence-electron chi connectivity index (χ1n) is 12.7. The fraction of sp³-hybridized carbons (Fsp3) is 0.0909. The van der Waals surface area contributed by atoms with Crippen LogP contribution in [0.5, 0.6) is 0 Å². The Hall–Kier alpha value is -5.08. The molecule has 0 fully saturated rings. The molecule has 6 aromatic rings. The highest BCUT2D eigenvalue weighted by molar-refractivity contribution is 6.04. The Labute approximate surface area is 220 Å². The fourth-order valence-corrected chi connectivity index (χ4v) is 5.18. The summed E-state index contributed by atoms with van der Waals surface area (Å²) in [7, 11) is 0. The molecular weight excluding hydrogens is 468 g/mol. The normalized spacial score (nSPS) is 11.7. The van der Waals surface area contributed by atoms with Crippen LogP contribution in [0.1, 0.15) is 16.7 Å². The Kier molecular flexibility index (Phi) is 6.21. The van der Waals surface area contributed by atoms with Gasteiger partial charge in [-0.1, -0.05) is 78.9 Å². The van der Waals surface area contributed by atoms with Gasteiger partial charge in [0.15, 0.2) is 0 Å². The van der Waals surface area contributed by atoms with Gasteiger partial charge in [-0.15, -0.1) is 0 Å². The highest BCUT2D eigenvalue weighted by Gasteiger charge is 2.13. The first-order chi connectivity index (χ1) is 18.7. The van der Waals surface area contributed by atoms with Gasteiger partial charge in [0.25, 0.3) is 5.91 Å². The second-order valence-electron chi connectivity index (χ2n) is 9.40. The Morgan fingerprint density at radius 1 is 0.868 bits per heavy atom. The number of H-pyrrole nitrogens is 1. The van der Waals surface area contributed by atoms with Crippen molar-refractivity contribution in [3.05, 3.63) is 126 Å². The number of amides is 1. The lowest BCUT2D eigenvalue weighted by atomic mass is 10.0. The number of hydrogen-bond acceptors (Lipinski definition) is 2. The molecule has 0 aliphatic rings. The number of nitrogens with one attached hydrogen (secondary N) is 2. The van der Waals surface area contributed by atoms with E-state index in [0.717, 1.165) is 32.9 Å². The molecule has 0 unspecified atom stereocenters. The van der Waals surface area contributed by atoms with Gasteiger partial charge >= 0.3 is 0 Å². The average Bonchev–Trinajstić information content (AvgIpc) is 3.53. The zero-order chi connectivity index (χ0) is 25.9. The van der Waals surface area contributed by atoms with E-state index in [1.54, 1.807) is 6.08 Å². The maximum atomic E-state index is 12.9. The number of nitriles is 1. The van der Waals surface area contributed by atoms with Crippen molar-refractivity contribution in [3.63, 3.8) is 0 Å². The molecule has 5 nitrogen and oxygen atoms in total. The lowest BCUT2D eigenvalue weighted by Crippen LogP contribution is -2.26. The summed E-state index contributed by atoms with van der Waals surface area (Å²) in [5, 5.41) is 17.3. The van der Waals surface area contributed by atoms with Crippen LogP contribution in [0.4, 0.5) is 0 Å². The number of carbonyl (C=O) groups is 1. The van der Waals surface area contributed by atoms with Crippen molar-refractivity contribution in [1.82, 2.24) is 14.9 Å². The van der Waals surface area contributed by atoms with Crippen LogP contribution in [0.25, 0.3) is 38.7 Å². The summed E-state index contributed by atoms with van der Waals surface area (Å²) in [6, 6.07) is 33.0. The first kappa shape index (κ1) is 23.3. The van der Waals surface area contributed by atoms with E-state index in [1.807, 2.05) is 48.8 Å². The molecule has 0 bridgehead atoms. The molecule has 0 aliphatic carbocycles. The highest BCUT2D eigenvalue weighted by Crippen LogP contribution is 2.27. The van der Waals surface area contributed by atoms with Crippen molar-refractivity contribution in [1.29, 1.82) is 5.26 Å². The quantitative estimate of drug-likeness (QED) is 0.194. The predicted molar refractivity (Wildman–Crippen MR) is 154 cm³/mol. The molecule has 2 heterocycles. The third-order valence-electron chi connectivity index (χ3n) is 7.06. The van der Waals surface area contributed by atoms with Gasteiger partial charge in [-0.2, -0.15) is 5.26 Å². The van der Waals surface area contributed by atoms with E-state index >= 15 is 0 Å². The van der Waals surface area contributed by atoms with Gasteiger partial charge in [-0.3, -0.25) is 4.79 Å². The minimum absolute atomic E-state index is 0.0944. The number of aromatic amines is 1. The maximum Gasteiger partial charge on any atom is 0.261 e. The molecule has 1 amide bonds. The van der Waals surface area contributed by atoms with Crippen LogP contribution in [-0.4, -0.2) is 22.0 Å². The first-order valence-corrected chi connectivity index (χ1v) is 12.7. The summed E-state index contributed by atoms with van der Waals surface area (Å²) < 4.78 is 2.19. The van der Waals surface area contributed by atoms with Gasteiger partial charge in [0.2, 0.25) is 0 Å². The maximum absolute atomic E-state index is 12.9. The smallest absolute Gasteiger partial charge is 0.261 e. The second kappa shape index (κ2) is 10.1.